The van der Waals surface area contributed by atoms with Gasteiger partial charge in [0.25, 0.3) is 0 Å². The monoisotopic (exact) mass is 409 g/mol. The third-order valence-electron chi connectivity index (χ3n) is 4.15. The molecule has 2 rings (SSSR count). The van der Waals surface area contributed by atoms with Gasteiger partial charge in [0.1, 0.15) is 5.00 Å². The largest absolute Gasteiger partial charge is 0.462 e. The zero-order valence-electron chi connectivity index (χ0n) is 15.8. The van der Waals surface area contributed by atoms with E-state index in [0.717, 1.165) is 10.4 Å². The average Bonchev–Trinajstić information content (AvgIpc) is 2.89. The van der Waals surface area contributed by atoms with E-state index < -0.39 is 15.8 Å². The maximum atomic E-state index is 12.4. The SMILES string of the molecule is CCOC(=O)c1c(NC(=O)Cc2ccc(S(=O)(=O)CC)cc2)sc(C)c1C. The average molecular weight is 410 g/mol. The fourth-order valence-corrected chi connectivity index (χ4v) is 4.45. The summed E-state index contributed by atoms with van der Waals surface area (Å²) in [6.07, 6.45) is 0.0741. The van der Waals surface area contributed by atoms with Gasteiger partial charge in [-0.3, -0.25) is 4.79 Å². The molecule has 1 amide bonds. The van der Waals surface area contributed by atoms with Gasteiger partial charge in [-0.25, -0.2) is 13.2 Å². The van der Waals surface area contributed by atoms with Crippen molar-refractivity contribution in [2.45, 2.75) is 39.0 Å². The predicted molar refractivity (Wildman–Crippen MR) is 106 cm³/mol. The molecule has 6 nitrogen and oxygen atoms in total. The van der Waals surface area contributed by atoms with Gasteiger partial charge in [0.2, 0.25) is 5.91 Å². The molecule has 1 N–H and O–H groups in total. The minimum atomic E-state index is -3.26. The molecule has 0 atom stereocenters. The molecule has 1 aromatic heterocycles. The molecule has 0 spiro atoms. The molecular weight excluding hydrogens is 386 g/mol. The summed E-state index contributed by atoms with van der Waals surface area (Å²) in [7, 11) is -3.26. The van der Waals surface area contributed by atoms with E-state index in [1.165, 1.54) is 23.5 Å². The Labute approximate surface area is 163 Å². The van der Waals surface area contributed by atoms with Crippen LogP contribution in [0.4, 0.5) is 5.00 Å². The molecule has 0 bridgehead atoms. The molecule has 0 aliphatic rings. The van der Waals surface area contributed by atoms with Gasteiger partial charge in [0.05, 0.1) is 29.2 Å². The standard InChI is InChI=1S/C19H23NO5S2/c1-5-25-19(22)17-12(3)13(4)26-18(17)20-16(21)11-14-7-9-15(10-8-14)27(23,24)6-2/h7-10H,5-6,11H2,1-4H3,(H,20,21). The molecule has 0 saturated heterocycles. The van der Waals surface area contributed by atoms with E-state index in [2.05, 4.69) is 5.32 Å². The smallest absolute Gasteiger partial charge is 0.341 e. The highest BCUT2D eigenvalue weighted by Crippen LogP contribution is 2.33. The normalized spacial score (nSPS) is 11.3. The van der Waals surface area contributed by atoms with Crippen LogP contribution in [-0.2, 0) is 25.8 Å². The lowest BCUT2D eigenvalue weighted by molar-refractivity contribution is -0.115. The zero-order valence-corrected chi connectivity index (χ0v) is 17.4. The van der Waals surface area contributed by atoms with Crippen molar-refractivity contribution in [1.29, 1.82) is 0 Å². The second kappa shape index (κ2) is 8.67. The zero-order chi connectivity index (χ0) is 20.2. The van der Waals surface area contributed by atoms with Crippen LogP contribution in [0.2, 0.25) is 0 Å². The van der Waals surface area contributed by atoms with Gasteiger partial charge in [-0.15, -0.1) is 11.3 Å². The van der Waals surface area contributed by atoms with Crippen LogP contribution in [0.15, 0.2) is 29.2 Å². The van der Waals surface area contributed by atoms with Crippen molar-refractivity contribution in [2.24, 2.45) is 0 Å². The number of hydrogen-bond acceptors (Lipinski definition) is 6. The molecule has 0 aliphatic carbocycles. The Morgan fingerprint density at radius 3 is 2.30 bits per heavy atom. The number of ether oxygens (including phenoxy) is 1. The lowest BCUT2D eigenvalue weighted by Gasteiger charge is -2.08. The Kier molecular flexibility index (Phi) is 6.78. The van der Waals surface area contributed by atoms with E-state index in [4.69, 9.17) is 4.74 Å². The lowest BCUT2D eigenvalue weighted by Crippen LogP contribution is -2.16. The molecule has 1 aromatic carbocycles. The van der Waals surface area contributed by atoms with Crippen molar-refractivity contribution in [2.75, 3.05) is 17.7 Å². The fourth-order valence-electron chi connectivity index (χ4n) is 2.50. The number of amides is 1. The lowest BCUT2D eigenvalue weighted by atomic mass is 10.1. The number of sulfone groups is 1. The van der Waals surface area contributed by atoms with Crippen LogP contribution in [0.3, 0.4) is 0 Å². The summed E-state index contributed by atoms with van der Waals surface area (Å²) in [5, 5.41) is 3.25. The van der Waals surface area contributed by atoms with Crippen LogP contribution in [0, 0.1) is 13.8 Å². The number of rotatable bonds is 7. The molecule has 0 aliphatic heterocycles. The number of anilines is 1. The third-order valence-corrected chi connectivity index (χ3v) is 7.02. The first-order chi connectivity index (χ1) is 12.7. The number of thiophene rings is 1. The van der Waals surface area contributed by atoms with Crippen molar-refractivity contribution in [3.05, 3.63) is 45.8 Å². The highest BCUT2D eigenvalue weighted by Gasteiger charge is 2.22. The number of hydrogen-bond donors (Lipinski definition) is 1. The van der Waals surface area contributed by atoms with E-state index >= 15 is 0 Å². The number of esters is 1. The highest BCUT2D eigenvalue weighted by atomic mass is 32.2. The van der Waals surface area contributed by atoms with Gasteiger partial charge in [-0.1, -0.05) is 19.1 Å². The fraction of sp³-hybridized carbons (Fsp3) is 0.368. The molecule has 8 heteroatoms. The summed E-state index contributed by atoms with van der Waals surface area (Å²) in [5.41, 5.74) is 1.87. The second-order valence-corrected chi connectivity index (χ2v) is 9.48. The van der Waals surface area contributed by atoms with Crippen molar-refractivity contribution in [1.82, 2.24) is 0 Å². The van der Waals surface area contributed by atoms with Gasteiger partial charge in [-0.2, -0.15) is 0 Å². The molecular formula is C19H23NO5S2. The summed E-state index contributed by atoms with van der Waals surface area (Å²) in [6, 6.07) is 6.26. The van der Waals surface area contributed by atoms with Crippen LogP contribution in [0.25, 0.3) is 0 Å². The van der Waals surface area contributed by atoms with E-state index in [1.54, 1.807) is 26.0 Å². The summed E-state index contributed by atoms with van der Waals surface area (Å²) in [4.78, 5) is 25.7. The Balaban J connectivity index is 2.15. The maximum Gasteiger partial charge on any atom is 0.341 e. The quantitative estimate of drug-likeness (QED) is 0.707. The molecule has 0 saturated carbocycles. The third kappa shape index (κ3) is 4.95. The van der Waals surface area contributed by atoms with Crippen LogP contribution in [0.1, 0.15) is 40.2 Å². The van der Waals surface area contributed by atoms with Crippen molar-refractivity contribution >= 4 is 38.1 Å². The minimum absolute atomic E-state index is 0.0283. The van der Waals surface area contributed by atoms with Gasteiger partial charge in [0, 0.05) is 4.88 Å². The highest BCUT2D eigenvalue weighted by molar-refractivity contribution is 7.91. The van der Waals surface area contributed by atoms with Gasteiger partial charge in [0.15, 0.2) is 9.84 Å². The summed E-state index contributed by atoms with van der Waals surface area (Å²) in [5.74, 6) is -0.711. The molecule has 0 fully saturated rings. The molecule has 0 radical (unpaired) electrons. The molecule has 146 valence electrons. The van der Waals surface area contributed by atoms with Gasteiger partial charge in [-0.05, 0) is 44.0 Å². The predicted octanol–water partition coefficient (Wildman–Crippen LogP) is 3.52. The van der Waals surface area contributed by atoms with Crippen LogP contribution >= 0.6 is 11.3 Å². The molecule has 0 unspecified atom stereocenters. The van der Waals surface area contributed by atoms with E-state index in [0.29, 0.717) is 16.1 Å². The minimum Gasteiger partial charge on any atom is -0.462 e. The number of carbonyl (C=O) groups excluding carboxylic acids is 2. The number of nitrogens with one attached hydrogen (secondary N) is 1. The Morgan fingerprint density at radius 1 is 1.11 bits per heavy atom. The van der Waals surface area contributed by atoms with Crippen molar-refractivity contribution in [3.63, 3.8) is 0 Å². The van der Waals surface area contributed by atoms with E-state index in [9.17, 15) is 18.0 Å². The molecule has 1 heterocycles. The van der Waals surface area contributed by atoms with Gasteiger partial charge < -0.3 is 10.1 Å². The van der Waals surface area contributed by atoms with E-state index in [-0.39, 0.29) is 29.6 Å². The Hall–Kier alpha value is -2.19. The number of carbonyl (C=O) groups is 2. The Bertz CT molecular complexity index is 943. The topological polar surface area (TPSA) is 89.5 Å². The van der Waals surface area contributed by atoms with Crippen molar-refractivity contribution < 1.29 is 22.7 Å². The second-order valence-electron chi connectivity index (χ2n) is 5.98. The van der Waals surface area contributed by atoms with Gasteiger partial charge >= 0.3 is 5.97 Å². The summed E-state index contributed by atoms with van der Waals surface area (Å²) in [6.45, 7) is 7.27. The first-order valence-electron chi connectivity index (χ1n) is 8.58. The maximum absolute atomic E-state index is 12.4. The van der Waals surface area contributed by atoms with Crippen LogP contribution < -0.4 is 5.32 Å². The van der Waals surface area contributed by atoms with E-state index in [1.807, 2.05) is 13.8 Å². The van der Waals surface area contributed by atoms with Crippen LogP contribution in [-0.4, -0.2) is 32.7 Å². The summed E-state index contributed by atoms with van der Waals surface area (Å²) >= 11 is 1.33. The molecule has 2 aromatic rings. The van der Waals surface area contributed by atoms with Crippen LogP contribution in [0.5, 0.6) is 0 Å². The molecule has 27 heavy (non-hydrogen) atoms. The van der Waals surface area contributed by atoms with Crippen molar-refractivity contribution in [3.8, 4) is 0 Å². The summed E-state index contributed by atoms with van der Waals surface area (Å²) < 4.78 is 28.8. The number of benzene rings is 1. The Morgan fingerprint density at radius 2 is 1.74 bits per heavy atom. The first kappa shape index (κ1) is 21.1. The first-order valence-corrected chi connectivity index (χ1v) is 11.0. The number of aryl methyl sites for hydroxylation is 1.